The molecular formula is C8H11BN2O5. The minimum Gasteiger partial charge on any atom is -0.503 e. The molecule has 1 fully saturated rings. The van der Waals surface area contributed by atoms with Crippen LogP contribution < -0.4 is 5.79 Å². The number of aliphatic hydroxyl groups is 1. The second-order valence-electron chi connectivity index (χ2n) is 3.46. The Morgan fingerprint density at radius 3 is 3.00 bits per heavy atom. The maximum absolute atomic E-state index is 11.3. The fraction of sp³-hybridized carbons (Fsp3) is 0.625. The number of rotatable bonds is 1. The molecule has 0 spiro atoms. The molecule has 1 aromatic rings. The molecule has 1 aliphatic heterocycles. The largest absolute Gasteiger partial charge is 0.627 e. The summed E-state index contributed by atoms with van der Waals surface area (Å²) in [4.78, 5) is 11.3. The Labute approximate surface area is 91.9 Å². The molecule has 1 unspecified atom stereocenters. The molecule has 8 heteroatoms. The van der Waals surface area contributed by atoms with E-state index >= 15 is 0 Å². The molecule has 2 heterocycles. The lowest BCUT2D eigenvalue weighted by Crippen LogP contribution is -2.43. The van der Waals surface area contributed by atoms with Gasteiger partial charge in [0.1, 0.15) is 6.29 Å². The zero-order valence-electron chi connectivity index (χ0n) is 8.75. The van der Waals surface area contributed by atoms with E-state index in [1.54, 1.807) is 6.92 Å². The fourth-order valence-corrected chi connectivity index (χ4v) is 1.35. The van der Waals surface area contributed by atoms with Gasteiger partial charge in [-0.15, -0.1) is 10.2 Å². The van der Waals surface area contributed by atoms with Crippen LogP contribution in [-0.2, 0) is 14.1 Å². The summed E-state index contributed by atoms with van der Waals surface area (Å²) in [5.41, 5.74) is 0. The van der Waals surface area contributed by atoms with Gasteiger partial charge in [0.25, 0.3) is 11.8 Å². The minimum atomic E-state index is -1.12. The van der Waals surface area contributed by atoms with Crippen molar-refractivity contribution in [1.82, 2.24) is 10.2 Å². The van der Waals surface area contributed by atoms with Gasteiger partial charge in [0.15, 0.2) is 0 Å². The van der Waals surface area contributed by atoms with Crippen LogP contribution in [-0.4, -0.2) is 34.7 Å². The first-order valence-corrected chi connectivity index (χ1v) is 4.98. The molecule has 1 N–H and O–H groups in total. The van der Waals surface area contributed by atoms with E-state index in [1.165, 1.54) is 0 Å². The van der Waals surface area contributed by atoms with E-state index in [1.807, 2.05) is 0 Å². The second kappa shape index (κ2) is 4.62. The Morgan fingerprint density at radius 2 is 2.31 bits per heavy atom. The molecule has 2 rings (SSSR count). The molecule has 0 amide bonds. The van der Waals surface area contributed by atoms with Gasteiger partial charge in [-0.1, -0.05) is 0 Å². The predicted octanol–water partition coefficient (Wildman–Crippen LogP) is -0.865. The molecule has 1 saturated heterocycles. The number of carbonyl (C=O) groups excluding carboxylic acids is 1. The average Bonchev–Trinajstić information content (AvgIpc) is 2.61. The van der Waals surface area contributed by atoms with Crippen molar-refractivity contribution in [2.75, 3.05) is 0 Å². The Balaban J connectivity index is 2.13. The molecular weight excluding hydrogens is 215 g/mol. The molecule has 16 heavy (non-hydrogen) atoms. The third-order valence-corrected chi connectivity index (χ3v) is 2.09. The van der Waals surface area contributed by atoms with Gasteiger partial charge in [-0.25, -0.2) is 0 Å². The molecule has 1 aromatic heterocycles. The number of aryl methyl sites for hydroxylation is 1. The van der Waals surface area contributed by atoms with Crippen LogP contribution in [0.5, 0.6) is 0 Å². The Bertz CT molecular complexity index is 382. The maximum atomic E-state index is 11.3. The molecule has 0 saturated carbocycles. The predicted molar refractivity (Wildman–Crippen MR) is 51.5 cm³/mol. The number of nitrogens with zero attached hydrogens (tertiary/aromatic N) is 2. The van der Waals surface area contributed by atoms with Gasteiger partial charge in [0, 0.05) is 13.3 Å². The summed E-state index contributed by atoms with van der Waals surface area (Å²) in [5.74, 6) is -0.0363. The van der Waals surface area contributed by atoms with Crippen LogP contribution in [0.1, 0.15) is 25.2 Å². The van der Waals surface area contributed by atoms with Gasteiger partial charge >= 0.3 is 7.12 Å². The maximum Gasteiger partial charge on any atom is 0.627 e. The smallest absolute Gasteiger partial charge is 0.503 e. The van der Waals surface area contributed by atoms with Gasteiger partial charge < -0.3 is 18.8 Å². The lowest BCUT2D eigenvalue weighted by atomic mass is 9.89. The Morgan fingerprint density at radius 1 is 1.50 bits per heavy atom. The van der Waals surface area contributed by atoms with Crippen LogP contribution in [0.25, 0.3) is 0 Å². The van der Waals surface area contributed by atoms with E-state index in [2.05, 4.69) is 10.2 Å². The molecule has 1 aliphatic rings. The van der Waals surface area contributed by atoms with Crippen LogP contribution >= 0.6 is 0 Å². The zero-order chi connectivity index (χ0) is 11.5. The van der Waals surface area contributed by atoms with Gasteiger partial charge in [0.05, 0.1) is 0 Å². The lowest BCUT2D eigenvalue weighted by Gasteiger charge is -2.19. The van der Waals surface area contributed by atoms with Crippen molar-refractivity contribution in [2.24, 2.45) is 0 Å². The number of aromatic nitrogens is 2. The normalized spacial score (nSPS) is 22.5. The standard InChI is InChI=1S/C8H11BN2O5/c1-5-10-11-8(14-5)9-15-6(12)3-2-4-7(13)16-9/h6,12H,2-4H2,1H3. The van der Waals surface area contributed by atoms with Crippen molar-refractivity contribution in [2.45, 2.75) is 32.5 Å². The van der Waals surface area contributed by atoms with Gasteiger partial charge in [-0.3, -0.25) is 4.79 Å². The first-order chi connectivity index (χ1) is 7.65. The van der Waals surface area contributed by atoms with Crippen LogP contribution in [0.15, 0.2) is 4.42 Å². The molecule has 1 atom stereocenters. The minimum absolute atomic E-state index is 0.0341. The van der Waals surface area contributed by atoms with E-state index in [0.717, 1.165) is 0 Å². The first kappa shape index (κ1) is 11.1. The third kappa shape index (κ3) is 2.58. The summed E-state index contributed by atoms with van der Waals surface area (Å²) in [7, 11) is -1.12. The van der Waals surface area contributed by atoms with Crippen LogP contribution in [0.4, 0.5) is 0 Å². The van der Waals surface area contributed by atoms with Crippen molar-refractivity contribution in [3.8, 4) is 0 Å². The highest BCUT2D eigenvalue weighted by atomic mass is 16.7. The molecule has 86 valence electrons. The molecule has 0 radical (unpaired) electrons. The van der Waals surface area contributed by atoms with Crippen molar-refractivity contribution in [1.29, 1.82) is 0 Å². The van der Waals surface area contributed by atoms with Crippen molar-refractivity contribution >= 4 is 18.9 Å². The van der Waals surface area contributed by atoms with Crippen molar-refractivity contribution in [3.05, 3.63) is 5.89 Å². The number of hydrogen-bond acceptors (Lipinski definition) is 7. The second-order valence-corrected chi connectivity index (χ2v) is 3.46. The molecule has 0 bridgehead atoms. The quantitative estimate of drug-likeness (QED) is 0.622. The van der Waals surface area contributed by atoms with Crippen LogP contribution in [0, 0.1) is 6.92 Å². The first-order valence-electron chi connectivity index (χ1n) is 4.98. The number of carbonyl (C=O) groups is 1. The van der Waals surface area contributed by atoms with Crippen LogP contribution in [0.3, 0.4) is 0 Å². The molecule has 0 aliphatic carbocycles. The number of hydrogen-bond donors (Lipinski definition) is 1. The lowest BCUT2D eigenvalue weighted by molar-refractivity contribution is -0.140. The highest BCUT2D eigenvalue weighted by Crippen LogP contribution is 2.10. The van der Waals surface area contributed by atoms with E-state index in [-0.39, 0.29) is 12.2 Å². The molecule has 7 nitrogen and oxygen atoms in total. The van der Waals surface area contributed by atoms with E-state index in [0.29, 0.717) is 18.7 Å². The summed E-state index contributed by atoms with van der Waals surface area (Å²) in [5, 5.41) is 16.7. The Hall–Kier alpha value is -1.41. The SMILES string of the molecule is Cc1nnc(B2OC(=O)CCCC(O)O2)o1. The van der Waals surface area contributed by atoms with Gasteiger partial charge in [-0.05, 0) is 12.8 Å². The average molecular weight is 226 g/mol. The molecule has 0 aromatic carbocycles. The fourth-order valence-electron chi connectivity index (χ4n) is 1.35. The van der Waals surface area contributed by atoms with Gasteiger partial charge in [-0.2, -0.15) is 0 Å². The van der Waals surface area contributed by atoms with E-state index in [4.69, 9.17) is 13.7 Å². The summed E-state index contributed by atoms with van der Waals surface area (Å²) in [6, 6.07) is 0. The Kier molecular flexibility index (Phi) is 3.21. The number of aliphatic hydroxyl groups excluding tert-OH is 1. The van der Waals surface area contributed by atoms with Crippen molar-refractivity contribution < 1.29 is 23.6 Å². The van der Waals surface area contributed by atoms with Gasteiger partial charge in [0.2, 0.25) is 5.89 Å². The highest BCUT2D eigenvalue weighted by Gasteiger charge is 2.36. The van der Waals surface area contributed by atoms with Crippen LogP contribution in [0.2, 0.25) is 0 Å². The monoisotopic (exact) mass is 226 g/mol. The highest BCUT2D eigenvalue weighted by molar-refractivity contribution is 6.60. The third-order valence-electron chi connectivity index (χ3n) is 2.09. The summed E-state index contributed by atoms with van der Waals surface area (Å²) >= 11 is 0. The van der Waals surface area contributed by atoms with E-state index < -0.39 is 19.4 Å². The zero-order valence-corrected chi connectivity index (χ0v) is 8.75. The summed E-state index contributed by atoms with van der Waals surface area (Å²) in [6.45, 7) is 1.61. The summed E-state index contributed by atoms with van der Waals surface area (Å²) in [6.07, 6.45) is 0.142. The topological polar surface area (TPSA) is 94.7 Å². The summed E-state index contributed by atoms with van der Waals surface area (Å²) < 4.78 is 15.1. The van der Waals surface area contributed by atoms with E-state index in [9.17, 15) is 9.90 Å². The van der Waals surface area contributed by atoms with Crippen molar-refractivity contribution in [3.63, 3.8) is 0 Å².